The zero-order valence-corrected chi connectivity index (χ0v) is 25.2. The summed E-state index contributed by atoms with van der Waals surface area (Å²) in [5.41, 5.74) is 8.52. The summed E-state index contributed by atoms with van der Waals surface area (Å²) in [6.07, 6.45) is 0.128. The number of nitrogens with one attached hydrogen (secondary N) is 3. The summed E-state index contributed by atoms with van der Waals surface area (Å²) in [5.74, 6) is 1.00. The van der Waals surface area contributed by atoms with Crippen molar-refractivity contribution < 1.29 is 22.3 Å². The molecule has 0 amide bonds. The number of anilines is 1. The highest BCUT2D eigenvalue weighted by Crippen LogP contribution is 2.30. The van der Waals surface area contributed by atoms with Crippen molar-refractivity contribution >= 4 is 21.4 Å². The van der Waals surface area contributed by atoms with E-state index in [0.29, 0.717) is 48.0 Å². The van der Waals surface area contributed by atoms with Gasteiger partial charge in [0.15, 0.2) is 11.5 Å². The summed E-state index contributed by atoms with van der Waals surface area (Å²) in [7, 11) is -3.82. The molecule has 0 aliphatic carbocycles. The number of aryl methyl sites for hydroxylation is 1. The number of hydrogen-bond acceptors (Lipinski definition) is 7. The van der Waals surface area contributed by atoms with Crippen molar-refractivity contribution in [3.8, 4) is 11.5 Å². The molecule has 0 spiro atoms. The Morgan fingerprint density at radius 3 is 2.42 bits per heavy atom. The molecule has 0 radical (unpaired) electrons. The SMILES string of the molecule is CCOc1ccc(CCNS(=O)(=O)c2cc(C3=NNC(Nc4ccc(F)cc4)c4ccccc43)ccc2C)cc1OCC. The maximum Gasteiger partial charge on any atom is 0.240 e. The highest BCUT2D eigenvalue weighted by atomic mass is 32.2. The Bertz CT molecular complexity index is 1730. The Morgan fingerprint density at radius 1 is 0.907 bits per heavy atom. The number of halogens is 1. The van der Waals surface area contributed by atoms with Crippen LogP contribution >= 0.6 is 0 Å². The minimum atomic E-state index is -3.82. The van der Waals surface area contributed by atoms with Crippen LogP contribution in [0.2, 0.25) is 0 Å². The van der Waals surface area contributed by atoms with Crippen LogP contribution in [-0.2, 0) is 16.4 Å². The van der Waals surface area contributed by atoms with Crippen molar-refractivity contribution in [2.45, 2.75) is 38.3 Å². The fraction of sp³-hybridized carbons (Fsp3) is 0.242. The van der Waals surface area contributed by atoms with Gasteiger partial charge >= 0.3 is 0 Å². The molecule has 4 aromatic carbocycles. The van der Waals surface area contributed by atoms with Gasteiger partial charge in [-0.1, -0.05) is 42.5 Å². The molecule has 0 bridgehead atoms. The Balaban J connectivity index is 1.34. The lowest BCUT2D eigenvalue weighted by Crippen LogP contribution is -2.32. The number of nitrogens with zero attached hydrogens (tertiary/aromatic N) is 1. The van der Waals surface area contributed by atoms with Gasteiger partial charge in [-0.2, -0.15) is 5.10 Å². The Morgan fingerprint density at radius 2 is 1.65 bits per heavy atom. The summed E-state index contributed by atoms with van der Waals surface area (Å²) in [6, 6.07) is 24.9. The minimum Gasteiger partial charge on any atom is -0.490 e. The first-order valence-corrected chi connectivity index (χ1v) is 15.7. The van der Waals surface area contributed by atoms with Gasteiger partial charge in [-0.3, -0.25) is 5.43 Å². The van der Waals surface area contributed by atoms with E-state index < -0.39 is 10.0 Å². The van der Waals surface area contributed by atoms with Gasteiger partial charge < -0.3 is 14.8 Å². The Kier molecular flexibility index (Phi) is 9.27. The predicted octanol–water partition coefficient (Wildman–Crippen LogP) is 5.92. The maximum atomic E-state index is 13.5. The summed E-state index contributed by atoms with van der Waals surface area (Å²) in [4.78, 5) is 0.193. The lowest BCUT2D eigenvalue weighted by molar-refractivity contribution is 0.287. The van der Waals surface area contributed by atoms with E-state index in [1.54, 1.807) is 31.2 Å². The van der Waals surface area contributed by atoms with Crippen LogP contribution in [0.4, 0.5) is 10.1 Å². The molecule has 5 rings (SSSR count). The molecule has 0 fully saturated rings. The molecular weight excluding hydrogens is 567 g/mol. The summed E-state index contributed by atoms with van der Waals surface area (Å²) >= 11 is 0. The molecule has 43 heavy (non-hydrogen) atoms. The van der Waals surface area contributed by atoms with Gasteiger partial charge in [-0.15, -0.1) is 0 Å². The molecular formula is C33H35FN4O4S. The largest absolute Gasteiger partial charge is 0.490 e. The van der Waals surface area contributed by atoms with Gasteiger partial charge in [0.2, 0.25) is 10.0 Å². The van der Waals surface area contributed by atoms with E-state index in [0.717, 1.165) is 22.4 Å². The second-order valence-electron chi connectivity index (χ2n) is 10.0. The van der Waals surface area contributed by atoms with Gasteiger partial charge in [0.1, 0.15) is 12.0 Å². The summed E-state index contributed by atoms with van der Waals surface area (Å²) in [5, 5.41) is 7.96. The molecule has 0 saturated carbocycles. The van der Waals surface area contributed by atoms with E-state index in [1.165, 1.54) is 12.1 Å². The number of hydrogen-bond donors (Lipinski definition) is 3. The molecule has 8 nitrogen and oxygen atoms in total. The highest BCUT2D eigenvalue weighted by molar-refractivity contribution is 7.89. The number of rotatable bonds is 12. The quantitative estimate of drug-likeness (QED) is 0.186. The number of benzene rings is 4. The first kappa shape index (κ1) is 30.1. The number of sulfonamides is 1. The molecule has 3 N–H and O–H groups in total. The van der Waals surface area contributed by atoms with Crippen LogP contribution in [0.5, 0.6) is 11.5 Å². The molecule has 10 heteroatoms. The van der Waals surface area contributed by atoms with Crippen molar-refractivity contribution in [3.05, 3.63) is 119 Å². The normalized spacial score (nSPS) is 14.3. The van der Waals surface area contributed by atoms with E-state index in [9.17, 15) is 12.8 Å². The van der Waals surface area contributed by atoms with Crippen LogP contribution in [0.1, 0.15) is 47.8 Å². The molecule has 224 valence electrons. The second kappa shape index (κ2) is 13.3. The second-order valence-corrected chi connectivity index (χ2v) is 11.8. The summed E-state index contributed by atoms with van der Waals surface area (Å²) < 4.78 is 54.4. The average Bonchev–Trinajstić information content (AvgIpc) is 3.00. The molecule has 1 aliphatic rings. The molecule has 4 aromatic rings. The number of ether oxygens (including phenoxy) is 2. The third-order valence-electron chi connectivity index (χ3n) is 7.05. The van der Waals surface area contributed by atoms with Crippen molar-refractivity contribution in [1.29, 1.82) is 0 Å². The standard InChI is InChI=1S/C33H35FN4O4S/c1-4-41-29-17-11-23(20-30(29)42-5-2)18-19-35-43(39,40)31-21-24(12-10-22(31)3)32-27-8-6-7-9-28(27)33(38-37-32)36-26-15-13-25(34)14-16-26/h6-17,20-21,33,35-36,38H,4-5,18-19H2,1-3H3. The van der Waals surface area contributed by atoms with Crippen molar-refractivity contribution in [1.82, 2.24) is 10.1 Å². The Labute approximate surface area is 252 Å². The van der Waals surface area contributed by atoms with Crippen LogP contribution < -0.4 is 24.9 Å². The number of hydrazone groups is 1. The highest BCUT2D eigenvalue weighted by Gasteiger charge is 2.25. The van der Waals surface area contributed by atoms with Crippen molar-refractivity contribution in [3.63, 3.8) is 0 Å². The van der Waals surface area contributed by atoms with Gasteiger partial charge in [-0.25, -0.2) is 17.5 Å². The fourth-order valence-electron chi connectivity index (χ4n) is 4.96. The average molecular weight is 603 g/mol. The zero-order valence-electron chi connectivity index (χ0n) is 24.4. The predicted molar refractivity (Wildman–Crippen MR) is 167 cm³/mol. The third kappa shape index (κ3) is 6.98. The lowest BCUT2D eigenvalue weighted by atomic mass is 9.94. The fourth-order valence-corrected chi connectivity index (χ4v) is 6.26. The van der Waals surface area contributed by atoms with Gasteiger partial charge in [-0.05, 0) is 80.8 Å². The number of fused-ring (bicyclic) bond motifs is 1. The van der Waals surface area contributed by atoms with Crippen LogP contribution in [0, 0.1) is 12.7 Å². The van der Waals surface area contributed by atoms with Crippen LogP contribution in [0.3, 0.4) is 0 Å². The monoisotopic (exact) mass is 602 g/mol. The van der Waals surface area contributed by atoms with Crippen LogP contribution in [0.25, 0.3) is 0 Å². The maximum absolute atomic E-state index is 13.5. The molecule has 0 aromatic heterocycles. The lowest BCUT2D eigenvalue weighted by Gasteiger charge is -2.28. The first-order chi connectivity index (χ1) is 20.8. The Hall–Kier alpha value is -4.41. The van der Waals surface area contributed by atoms with E-state index >= 15 is 0 Å². The topological polar surface area (TPSA) is 101 Å². The van der Waals surface area contributed by atoms with E-state index in [4.69, 9.17) is 9.47 Å². The molecule has 1 aliphatic heterocycles. The molecule has 1 atom stereocenters. The summed E-state index contributed by atoms with van der Waals surface area (Å²) in [6.45, 7) is 6.84. The van der Waals surface area contributed by atoms with Crippen molar-refractivity contribution in [2.75, 3.05) is 25.1 Å². The van der Waals surface area contributed by atoms with E-state index in [-0.39, 0.29) is 23.4 Å². The van der Waals surface area contributed by atoms with E-state index in [2.05, 4.69) is 20.6 Å². The van der Waals surface area contributed by atoms with E-state index in [1.807, 2.05) is 62.4 Å². The third-order valence-corrected chi connectivity index (χ3v) is 8.66. The van der Waals surface area contributed by atoms with Crippen molar-refractivity contribution in [2.24, 2.45) is 5.10 Å². The zero-order chi connectivity index (χ0) is 30.4. The minimum absolute atomic E-state index is 0.193. The smallest absolute Gasteiger partial charge is 0.240 e. The van der Waals surface area contributed by atoms with Gasteiger partial charge in [0, 0.05) is 28.9 Å². The molecule has 1 heterocycles. The molecule has 1 unspecified atom stereocenters. The molecule has 0 saturated heterocycles. The van der Waals surface area contributed by atoms with Crippen LogP contribution in [-0.4, -0.2) is 33.9 Å². The van der Waals surface area contributed by atoms with Crippen LogP contribution in [0.15, 0.2) is 94.9 Å². The first-order valence-electron chi connectivity index (χ1n) is 14.2. The van der Waals surface area contributed by atoms with Gasteiger partial charge in [0.25, 0.3) is 0 Å². The van der Waals surface area contributed by atoms with Gasteiger partial charge in [0.05, 0.1) is 23.8 Å².